The smallest absolute Gasteiger partial charge is 0.307 e. The van der Waals surface area contributed by atoms with Crippen molar-refractivity contribution in [1.29, 1.82) is 0 Å². The van der Waals surface area contributed by atoms with Crippen LogP contribution in [0.5, 0.6) is 0 Å². The summed E-state index contributed by atoms with van der Waals surface area (Å²) in [5.74, 6) is -0.268. The Morgan fingerprint density at radius 1 is 1.21 bits per heavy atom. The summed E-state index contributed by atoms with van der Waals surface area (Å²) in [5.41, 5.74) is 3.35. The first-order chi connectivity index (χ1) is 13.8. The van der Waals surface area contributed by atoms with E-state index >= 15 is 0 Å². The van der Waals surface area contributed by atoms with Crippen LogP contribution in [-0.2, 0) is 22.7 Å². The molecule has 1 aliphatic heterocycles. The molecule has 1 fully saturated rings. The van der Waals surface area contributed by atoms with Gasteiger partial charge in [0.2, 0.25) is 11.8 Å². The van der Waals surface area contributed by atoms with Crippen molar-refractivity contribution in [3.05, 3.63) is 56.1 Å². The van der Waals surface area contributed by atoms with E-state index in [1.54, 1.807) is 19.4 Å². The van der Waals surface area contributed by atoms with E-state index in [1.165, 1.54) is 25.5 Å². The van der Waals surface area contributed by atoms with Crippen LogP contribution in [0.2, 0.25) is 0 Å². The number of aryl methyl sites for hydroxylation is 2. The summed E-state index contributed by atoms with van der Waals surface area (Å²) in [6.45, 7) is 8.10. The number of quaternary nitrogens is 1. The lowest BCUT2D eigenvalue weighted by molar-refractivity contribution is -0.917. The van der Waals surface area contributed by atoms with Crippen LogP contribution in [0.1, 0.15) is 16.8 Å². The van der Waals surface area contributed by atoms with Crippen molar-refractivity contribution in [3.8, 4) is 0 Å². The Kier molecular flexibility index (Phi) is 6.87. The topological polar surface area (TPSA) is 67.1 Å². The molecule has 1 saturated heterocycles. The van der Waals surface area contributed by atoms with Gasteiger partial charge in [-0.1, -0.05) is 41.2 Å². The lowest BCUT2D eigenvalue weighted by Crippen LogP contribution is -3.13. The van der Waals surface area contributed by atoms with Gasteiger partial charge in [-0.05, 0) is 13.8 Å². The fourth-order valence-corrected chi connectivity index (χ4v) is 4.34. The third-order valence-corrected chi connectivity index (χ3v) is 6.31. The fraction of sp³-hybridized carbons (Fsp3) is 0.476. The van der Waals surface area contributed by atoms with E-state index in [0.717, 1.165) is 36.7 Å². The van der Waals surface area contributed by atoms with E-state index in [2.05, 4.69) is 31.2 Å². The van der Waals surface area contributed by atoms with Gasteiger partial charge in [0.25, 0.3) is 0 Å². The van der Waals surface area contributed by atoms with Gasteiger partial charge in [-0.25, -0.2) is 0 Å². The van der Waals surface area contributed by atoms with Crippen LogP contribution >= 0.6 is 11.3 Å². The Morgan fingerprint density at radius 3 is 2.55 bits per heavy atom. The molecule has 1 aromatic carbocycles. The Labute approximate surface area is 175 Å². The third kappa shape index (κ3) is 5.55. The molecule has 0 bridgehead atoms. The van der Waals surface area contributed by atoms with E-state index in [1.807, 2.05) is 4.90 Å². The highest BCUT2D eigenvalue weighted by Gasteiger charge is 2.25. The number of hydrogen-bond donors (Lipinski definition) is 1. The minimum atomic E-state index is -0.231. The number of amides is 2. The number of nitrogens with one attached hydrogen (secondary N) is 1. The first kappa shape index (κ1) is 21.3. The summed E-state index contributed by atoms with van der Waals surface area (Å²) in [5, 5.41) is 1.74. The number of thiazole rings is 1. The maximum Gasteiger partial charge on any atom is 0.307 e. The van der Waals surface area contributed by atoms with E-state index < -0.39 is 0 Å². The van der Waals surface area contributed by atoms with Crippen molar-refractivity contribution in [2.24, 2.45) is 0 Å². The molecule has 7 nitrogen and oxygen atoms in total. The van der Waals surface area contributed by atoms with Gasteiger partial charge in [0.05, 0.1) is 32.7 Å². The predicted molar refractivity (Wildman–Crippen MR) is 113 cm³/mol. The van der Waals surface area contributed by atoms with Gasteiger partial charge in [0.15, 0.2) is 0 Å². The number of carbonyl (C=O) groups excluding carboxylic acids is 2. The number of benzene rings is 1. The normalized spacial score (nSPS) is 14.8. The van der Waals surface area contributed by atoms with Crippen molar-refractivity contribution in [1.82, 2.24) is 14.4 Å². The lowest BCUT2D eigenvalue weighted by atomic mass is 10.1. The molecular weight excluding hydrogens is 388 g/mol. The molecule has 2 aromatic rings. The average molecular weight is 418 g/mol. The standard InChI is InChI=1S/C21H28N4O3S/c1-16-5-4-6-18(11-16)12-23-7-9-24(10-8-23)20(27)13-22(3)19(26)14-25-17(2)15-29-21(25)28/h4-6,11,15H,7-10,12-14H2,1-3H3/p+1. The highest BCUT2D eigenvalue weighted by Crippen LogP contribution is 2.04. The van der Waals surface area contributed by atoms with Gasteiger partial charge in [-0.15, -0.1) is 0 Å². The highest BCUT2D eigenvalue weighted by atomic mass is 32.1. The number of rotatable bonds is 6. The molecule has 0 saturated carbocycles. The molecule has 156 valence electrons. The van der Waals surface area contributed by atoms with E-state index in [-0.39, 0.29) is 29.8 Å². The Balaban J connectivity index is 1.46. The van der Waals surface area contributed by atoms with E-state index in [0.29, 0.717) is 13.1 Å². The van der Waals surface area contributed by atoms with Crippen LogP contribution in [0, 0.1) is 13.8 Å². The van der Waals surface area contributed by atoms with Crippen LogP contribution in [0.3, 0.4) is 0 Å². The summed E-state index contributed by atoms with van der Waals surface area (Å²) in [7, 11) is 1.62. The van der Waals surface area contributed by atoms with Crippen molar-refractivity contribution >= 4 is 23.2 Å². The van der Waals surface area contributed by atoms with E-state index in [4.69, 9.17) is 0 Å². The second-order valence-corrected chi connectivity index (χ2v) is 8.60. The largest absolute Gasteiger partial charge is 0.335 e. The van der Waals surface area contributed by atoms with Gasteiger partial charge in [-0.2, -0.15) is 0 Å². The molecule has 2 amide bonds. The van der Waals surface area contributed by atoms with Gasteiger partial charge >= 0.3 is 4.87 Å². The van der Waals surface area contributed by atoms with Crippen molar-refractivity contribution in [3.63, 3.8) is 0 Å². The molecule has 3 rings (SSSR count). The molecule has 29 heavy (non-hydrogen) atoms. The third-order valence-electron chi connectivity index (χ3n) is 5.43. The van der Waals surface area contributed by atoms with E-state index in [9.17, 15) is 14.4 Å². The minimum Gasteiger partial charge on any atom is -0.335 e. The van der Waals surface area contributed by atoms with Gasteiger partial charge in [0, 0.05) is 23.7 Å². The molecule has 8 heteroatoms. The van der Waals surface area contributed by atoms with Crippen LogP contribution in [0.15, 0.2) is 34.4 Å². The Hall–Kier alpha value is -2.45. The molecule has 0 unspecified atom stereocenters. The number of carbonyl (C=O) groups is 2. The molecule has 1 aliphatic rings. The number of likely N-dealkylation sites (N-methyl/N-ethyl adjacent to an activating group) is 1. The van der Waals surface area contributed by atoms with Crippen LogP contribution in [0.4, 0.5) is 0 Å². The number of nitrogens with zero attached hydrogens (tertiary/aromatic N) is 3. The monoisotopic (exact) mass is 417 g/mol. The maximum absolute atomic E-state index is 12.6. The summed E-state index contributed by atoms with van der Waals surface area (Å²) >= 11 is 1.08. The summed E-state index contributed by atoms with van der Waals surface area (Å²) in [6, 6.07) is 8.55. The summed E-state index contributed by atoms with van der Waals surface area (Å²) in [6.07, 6.45) is 0. The van der Waals surface area contributed by atoms with Crippen LogP contribution < -0.4 is 9.77 Å². The van der Waals surface area contributed by atoms with Gasteiger partial charge in [0.1, 0.15) is 13.1 Å². The first-order valence-electron chi connectivity index (χ1n) is 9.89. The van der Waals surface area contributed by atoms with Gasteiger partial charge < -0.3 is 14.7 Å². The van der Waals surface area contributed by atoms with Crippen LogP contribution in [-0.4, -0.2) is 66.0 Å². The SMILES string of the molecule is Cc1cccc(C[NH+]2CCN(C(=O)CN(C)C(=O)Cn3c(C)csc3=O)CC2)c1. The molecule has 0 atom stereocenters. The molecule has 0 spiro atoms. The zero-order chi connectivity index (χ0) is 21.0. The fourth-order valence-electron chi connectivity index (χ4n) is 3.60. The first-order valence-corrected chi connectivity index (χ1v) is 10.8. The summed E-state index contributed by atoms with van der Waals surface area (Å²) in [4.78, 5) is 41.4. The molecule has 0 radical (unpaired) electrons. The van der Waals surface area contributed by atoms with Gasteiger partial charge in [-0.3, -0.25) is 19.0 Å². The maximum atomic E-state index is 12.6. The number of hydrogen-bond acceptors (Lipinski definition) is 4. The average Bonchev–Trinajstić information content (AvgIpc) is 3.00. The number of piperazine rings is 1. The summed E-state index contributed by atoms with van der Waals surface area (Å²) < 4.78 is 1.45. The number of aromatic nitrogens is 1. The molecule has 0 aliphatic carbocycles. The minimum absolute atomic E-state index is 0.0215. The highest BCUT2D eigenvalue weighted by molar-refractivity contribution is 7.07. The zero-order valence-electron chi connectivity index (χ0n) is 17.3. The van der Waals surface area contributed by atoms with Crippen molar-refractivity contribution in [2.45, 2.75) is 26.9 Å². The molecular formula is C21H29N4O3S+. The van der Waals surface area contributed by atoms with Crippen molar-refractivity contribution < 1.29 is 14.5 Å². The molecule has 1 aromatic heterocycles. The molecule has 1 N–H and O–H groups in total. The molecule has 2 heterocycles. The second-order valence-electron chi connectivity index (χ2n) is 7.78. The Bertz CT molecular complexity index is 928. The predicted octanol–water partition coefficient (Wildman–Crippen LogP) is -0.0877. The zero-order valence-corrected chi connectivity index (χ0v) is 18.1. The van der Waals surface area contributed by atoms with Crippen LogP contribution in [0.25, 0.3) is 0 Å². The van der Waals surface area contributed by atoms with Crippen molar-refractivity contribution in [2.75, 3.05) is 39.8 Å². The Morgan fingerprint density at radius 2 is 1.93 bits per heavy atom. The quantitative estimate of drug-likeness (QED) is 0.715. The lowest BCUT2D eigenvalue weighted by Gasteiger charge is -2.33. The second kappa shape index (κ2) is 9.37.